The van der Waals surface area contributed by atoms with Gasteiger partial charge >= 0.3 is 0 Å². The standard InChI is InChI=1S/C7H7NO/c9-7-2-1-5-3-8-4-6(5)7/h1,4,8H,2-3H2. The number of rotatable bonds is 0. The van der Waals surface area contributed by atoms with Gasteiger partial charge in [-0.05, 0) is 5.57 Å². The molecule has 0 radical (unpaired) electrons. The van der Waals surface area contributed by atoms with Gasteiger partial charge in [-0.25, -0.2) is 0 Å². The third-order valence-electron chi connectivity index (χ3n) is 1.72. The Morgan fingerprint density at radius 2 is 2.44 bits per heavy atom. The number of ketones is 1. The molecule has 0 atom stereocenters. The van der Waals surface area contributed by atoms with Crippen LogP contribution in [0.5, 0.6) is 0 Å². The van der Waals surface area contributed by atoms with Crippen LogP contribution in [0, 0.1) is 0 Å². The number of fused-ring (bicyclic) bond motifs is 1. The van der Waals surface area contributed by atoms with Crippen molar-refractivity contribution in [3.63, 3.8) is 0 Å². The molecular weight excluding hydrogens is 114 g/mol. The van der Waals surface area contributed by atoms with Crippen molar-refractivity contribution in [1.82, 2.24) is 5.32 Å². The van der Waals surface area contributed by atoms with E-state index in [0.29, 0.717) is 6.42 Å². The predicted molar refractivity (Wildman–Crippen MR) is 33.8 cm³/mol. The van der Waals surface area contributed by atoms with Gasteiger partial charge in [0, 0.05) is 24.7 Å². The van der Waals surface area contributed by atoms with Crippen LogP contribution < -0.4 is 5.32 Å². The van der Waals surface area contributed by atoms with Crippen LogP contribution in [0.15, 0.2) is 23.4 Å². The van der Waals surface area contributed by atoms with Gasteiger partial charge in [-0.3, -0.25) is 4.79 Å². The lowest BCUT2D eigenvalue weighted by Gasteiger charge is -1.87. The normalized spacial score (nSPS) is 22.9. The van der Waals surface area contributed by atoms with E-state index >= 15 is 0 Å². The van der Waals surface area contributed by atoms with Crippen molar-refractivity contribution in [2.75, 3.05) is 6.54 Å². The fourth-order valence-corrected chi connectivity index (χ4v) is 1.22. The molecule has 2 heteroatoms. The number of allylic oxidation sites excluding steroid dienone is 1. The van der Waals surface area contributed by atoms with Crippen molar-refractivity contribution < 1.29 is 4.79 Å². The van der Waals surface area contributed by atoms with Gasteiger partial charge in [-0.1, -0.05) is 6.08 Å². The van der Waals surface area contributed by atoms with Gasteiger partial charge < -0.3 is 5.32 Å². The van der Waals surface area contributed by atoms with Crippen molar-refractivity contribution in [2.24, 2.45) is 0 Å². The van der Waals surface area contributed by atoms with Gasteiger partial charge in [0.25, 0.3) is 0 Å². The maximum absolute atomic E-state index is 10.9. The number of Topliss-reactive ketones (excluding diaryl/α,β-unsaturated/α-hetero) is 1. The van der Waals surface area contributed by atoms with E-state index in [1.807, 2.05) is 6.08 Å². The summed E-state index contributed by atoms with van der Waals surface area (Å²) in [5.41, 5.74) is 2.08. The first-order valence-corrected chi connectivity index (χ1v) is 3.04. The first-order chi connectivity index (χ1) is 4.38. The molecule has 2 rings (SSSR count). The van der Waals surface area contributed by atoms with Crippen LogP contribution in [0.25, 0.3) is 0 Å². The lowest BCUT2D eigenvalue weighted by molar-refractivity contribution is -0.114. The van der Waals surface area contributed by atoms with Crippen molar-refractivity contribution in [3.05, 3.63) is 23.4 Å². The third kappa shape index (κ3) is 0.529. The molecular formula is C7H7NO. The van der Waals surface area contributed by atoms with Crippen molar-refractivity contribution in [1.29, 1.82) is 0 Å². The summed E-state index contributed by atoms with van der Waals surface area (Å²) in [7, 11) is 0. The molecule has 0 aromatic carbocycles. The van der Waals surface area contributed by atoms with Crippen LogP contribution >= 0.6 is 0 Å². The minimum Gasteiger partial charge on any atom is -0.386 e. The van der Waals surface area contributed by atoms with Crippen molar-refractivity contribution >= 4 is 5.78 Å². The van der Waals surface area contributed by atoms with Crippen LogP contribution in [0.4, 0.5) is 0 Å². The number of hydrogen-bond acceptors (Lipinski definition) is 2. The molecule has 1 N–H and O–H groups in total. The van der Waals surface area contributed by atoms with E-state index in [2.05, 4.69) is 5.32 Å². The highest BCUT2D eigenvalue weighted by Crippen LogP contribution is 2.23. The molecule has 0 fully saturated rings. The quantitative estimate of drug-likeness (QED) is 0.501. The van der Waals surface area contributed by atoms with E-state index < -0.39 is 0 Å². The minimum absolute atomic E-state index is 0.259. The van der Waals surface area contributed by atoms with Gasteiger partial charge in [0.1, 0.15) is 0 Å². The molecule has 0 aromatic heterocycles. The Hall–Kier alpha value is -1.05. The number of nitrogens with one attached hydrogen (secondary N) is 1. The first kappa shape index (κ1) is 4.79. The molecule has 0 bridgehead atoms. The summed E-state index contributed by atoms with van der Waals surface area (Å²) in [5, 5.41) is 3.00. The molecule has 0 unspecified atom stereocenters. The molecule has 0 amide bonds. The predicted octanol–water partition coefficient (Wildman–Crippen LogP) is 0.373. The zero-order chi connectivity index (χ0) is 6.27. The molecule has 1 aliphatic heterocycles. The van der Waals surface area contributed by atoms with Gasteiger partial charge in [0.15, 0.2) is 5.78 Å². The Labute approximate surface area is 53.2 Å². The Balaban J connectivity index is 2.45. The minimum atomic E-state index is 0.259. The monoisotopic (exact) mass is 121 g/mol. The zero-order valence-corrected chi connectivity index (χ0v) is 4.98. The van der Waals surface area contributed by atoms with Gasteiger partial charge in [0.2, 0.25) is 0 Å². The second kappa shape index (κ2) is 1.47. The summed E-state index contributed by atoms with van der Waals surface area (Å²) < 4.78 is 0. The molecule has 2 aliphatic rings. The van der Waals surface area contributed by atoms with Gasteiger partial charge in [-0.2, -0.15) is 0 Å². The van der Waals surface area contributed by atoms with Gasteiger partial charge in [-0.15, -0.1) is 0 Å². The van der Waals surface area contributed by atoms with Crippen molar-refractivity contribution in [2.45, 2.75) is 6.42 Å². The van der Waals surface area contributed by atoms with Crippen molar-refractivity contribution in [3.8, 4) is 0 Å². The van der Waals surface area contributed by atoms with Crippen LogP contribution in [0.1, 0.15) is 6.42 Å². The summed E-state index contributed by atoms with van der Waals surface area (Å²) in [5.74, 6) is 0.259. The van der Waals surface area contributed by atoms with E-state index in [1.54, 1.807) is 6.20 Å². The largest absolute Gasteiger partial charge is 0.386 e. The third-order valence-corrected chi connectivity index (χ3v) is 1.72. The highest BCUT2D eigenvalue weighted by Gasteiger charge is 2.22. The van der Waals surface area contributed by atoms with E-state index in [-0.39, 0.29) is 5.78 Å². The lowest BCUT2D eigenvalue weighted by atomic mass is 10.2. The summed E-state index contributed by atoms with van der Waals surface area (Å²) in [6, 6.07) is 0. The van der Waals surface area contributed by atoms with Crippen LogP contribution in [-0.4, -0.2) is 12.3 Å². The Bertz CT molecular complexity index is 225. The second-order valence-corrected chi connectivity index (χ2v) is 2.30. The molecule has 0 aromatic rings. The number of carbonyl (C=O) groups excluding carboxylic acids is 1. The van der Waals surface area contributed by atoms with E-state index in [9.17, 15) is 4.79 Å². The molecule has 0 spiro atoms. The lowest BCUT2D eigenvalue weighted by Crippen LogP contribution is -1.99. The fourth-order valence-electron chi connectivity index (χ4n) is 1.22. The summed E-state index contributed by atoms with van der Waals surface area (Å²) in [4.78, 5) is 10.9. The Morgan fingerprint density at radius 3 is 3.22 bits per heavy atom. The highest BCUT2D eigenvalue weighted by atomic mass is 16.1. The van der Waals surface area contributed by atoms with E-state index in [1.165, 1.54) is 5.57 Å². The summed E-state index contributed by atoms with van der Waals surface area (Å²) >= 11 is 0. The highest BCUT2D eigenvalue weighted by molar-refractivity contribution is 6.04. The van der Waals surface area contributed by atoms with Crippen LogP contribution in [0.3, 0.4) is 0 Å². The van der Waals surface area contributed by atoms with Crippen LogP contribution in [-0.2, 0) is 4.79 Å². The number of carbonyl (C=O) groups is 1. The fraction of sp³-hybridized carbons (Fsp3) is 0.286. The number of hydrogen-bond donors (Lipinski definition) is 1. The maximum atomic E-state index is 10.9. The molecule has 1 aliphatic carbocycles. The molecule has 1 heterocycles. The zero-order valence-electron chi connectivity index (χ0n) is 4.98. The Kier molecular flexibility index (Phi) is 0.781. The molecule has 46 valence electrons. The molecule has 2 nitrogen and oxygen atoms in total. The van der Waals surface area contributed by atoms with E-state index in [4.69, 9.17) is 0 Å². The van der Waals surface area contributed by atoms with E-state index in [0.717, 1.165) is 12.1 Å². The van der Waals surface area contributed by atoms with Gasteiger partial charge in [0.05, 0.1) is 0 Å². The topological polar surface area (TPSA) is 29.1 Å². The average molecular weight is 121 g/mol. The second-order valence-electron chi connectivity index (χ2n) is 2.30. The maximum Gasteiger partial charge on any atom is 0.168 e. The SMILES string of the molecule is O=C1CC=C2CNC=C12. The Morgan fingerprint density at radius 1 is 1.56 bits per heavy atom. The van der Waals surface area contributed by atoms with Crippen LogP contribution in [0.2, 0.25) is 0 Å². The summed E-state index contributed by atoms with van der Waals surface area (Å²) in [6.07, 6.45) is 4.41. The first-order valence-electron chi connectivity index (χ1n) is 3.04. The summed E-state index contributed by atoms with van der Waals surface area (Å²) in [6.45, 7) is 0.848. The molecule has 9 heavy (non-hydrogen) atoms. The molecule has 0 saturated heterocycles. The smallest absolute Gasteiger partial charge is 0.168 e. The molecule has 0 saturated carbocycles. The average Bonchev–Trinajstić information content (AvgIpc) is 2.35.